The van der Waals surface area contributed by atoms with Crippen LogP contribution in [0.4, 0.5) is 0 Å². The molecular formula is C15H27N3. The third kappa shape index (κ3) is 3.70. The van der Waals surface area contributed by atoms with Crippen LogP contribution < -0.4 is 5.32 Å². The number of nitriles is 1. The predicted molar refractivity (Wildman–Crippen MR) is 74.2 cm³/mol. The topological polar surface area (TPSA) is 39.1 Å². The smallest absolute Gasteiger partial charge is 0.106 e. The molecule has 0 bridgehead atoms. The van der Waals surface area contributed by atoms with Gasteiger partial charge in [-0.2, -0.15) is 5.26 Å². The Kier molecular flexibility index (Phi) is 4.64. The highest BCUT2D eigenvalue weighted by molar-refractivity contribution is 5.05. The van der Waals surface area contributed by atoms with Crippen molar-refractivity contribution in [2.75, 3.05) is 20.1 Å². The standard InChI is InChI=1S/C15H27N3/c1-3-15(12-16,17-2)9-4-10-18(14-7-8-14)11-13-5-6-13/h13-14,17H,3-11H2,1-2H3. The van der Waals surface area contributed by atoms with E-state index in [9.17, 15) is 5.26 Å². The normalized spacial score (nSPS) is 22.8. The van der Waals surface area contributed by atoms with Crippen LogP contribution in [0.1, 0.15) is 51.9 Å². The third-order valence-electron chi connectivity index (χ3n) is 4.60. The van der Waals surface area contributed by atoms with Gasteiger partial charge in [0.2, 0.25) is 0 Å². The van der Waals surface area contributed by atoms with Crippen molar-refractivity contribution in [2.24, 2.45) is 5.92 Å². The van der Waals surface area contributed by atoms with E-state index >= 15 is 0 Å². The predicted octanol–water partition coefficient (Wildman–Crippen LogP) is 2.53. The molecule has 0 aromatic rings. The van der Waals surface area contributed by atoms with E-state index in [4.69, 9.17) is 0 Å². The zero-order chi connectivity index (χ0) is 13.0. The van der Waals surface area contributed by atoms with E-state index in [0.717, 1.165) is 31.2 Å². The summed E-state index contributed by atoms with van der Waals surface area (Å²) in [6.45, 7) is 4.60. The van der Waals surface area contributed by atoms with Gasteiger partial charge in [0.15, 0.2) is 0 Å². The lowest BCUT2D eigenvalue weighted by atomic mass is 9.92. The molecule has 1 N–H and O–H groups in total. The van der Waals surface area contributed by atoms with Crippen molar-refractivity contribution in [1.82, 2.24) is 10.2 Å². The zero-order valence-corrected chi connectivity index (χ0v) is 11.9. The molecule has 0 amide bonds. The van der Waals surface area contributed by atoms with Crippen molar-refractivity contribution < 1.29 is 0 Å². The summed E-state index contributed by atoms with van der Waals surface area (Å²) >= 11 is 0. The molecule has 2 saturated carbocycles. The Hall–Kier alpha value is -0.590. The second-order valence-corrected chi connectivity index (χ2v) is 6.07. The molecule has 0 aliphatic heterocycles. The Morgan fingerprint density at radius 2 is 2.06 bits per heavy atom. The Bertz CT molecular complexity index is 295. The van der Waals surface area contributed by atoms with Gasteiger partial charge in [-0.3, -0.25) is 0 Å². The van der Waals surface area contributed by atoms with Crippen molar-refractivity contribution in [3.63, 3.8) is 0 Å². The summed E-state index contributed by atoms with van der Waals surface area (Å²) in [5.74, 6) is 0.988. The highest BCUT2D eigenvalue weighted by Gasteiger charge is 2.34. The highest BCUT2D eigenvalue weighted by Crippen LogP contribution is 2.35. The van der Waals surface area contributed by atoms with E-state index in [1.807, 2.05) is 7.05 Å². The molecule has 3 heteroatoms. The van der Waals surface area contributed by atoms with E-state index in [2.05, 4.69) is 23.2 Å². The fourth-order valence-electron chi connectivity index (χ4n) is 2.75. The van der Waals surface area contributed by atoms with Gasteiger partial charge in [0.05, 0.1) is 6.07 Å². The molecule has 1 atom stereocenters. The molecule has 0 heterocycles. The first kappa shape index (κ1) is 13.8. The lowest BCUT2D eigenvalue weighted by molar-refractivity contribution is 0.237. The molecule has 18 heavy (non-hydrogen) atoms. The van der Waals surface area contributed by atoms with Gasteiger partial charge < -0.3 is 10.2 Å². The van der Waals surface area contributed by atoms with Gasteiger partial charge in [0.25, 0.3) is 0 Å². The summed E-state index contributed by atoms with van der Waals surface area (Å²) in [6.07, 6.45) is 8.70. The molecular weight excluding hydrogens is 222 g/mol. The highest BCUT2D eigenvalue weighted by atomic mass is 15.2. The second-order valence-electron chi connectivity index (χ2n) is 6.07. The summed E-state index contributed by atoms with van der Waals surface area (Å²) in [7, 11) is 1.91. The van der Waals surface area contributed by atoms with Gasteiger partial charge >= 0.3 is 0 Å². The van der Waals surface area contributed by atoms with E-state index in [0.29, 0.717) is 0 Å². The van der Waals surface area contributed by atoms with Crippen LogP contribution in [0.25, 0.3) is 0 Å². The number of rotatable bonds is 9. The average molecular weight is 249 g/mol. The monoisotopic (exact) mass is 249 g/mol. The molecule has 2 rings (SSSR count). The third-order valence-corrected chi connectivity index (χ3v) is 4.60. The number of nitrogens with one attached hydrogen (secondary N) is 1. The Morgan fingerprint density at radius 1 is 1.33 bits per heavy atom. The van der Waals surface area contributed by atoms with E-state index in [-0.39, 0.29) is 5.54 Å². The Balaban J connectivity index is 1.73. The number of hydrogen-bond donors (Lipinski definition) is 1. The molecule has 2 aliphatic carbocycles. The summed E-state index contributed by atoms with van der Waals surface area (Å²) in [5, 5.41) is 12.5. The molecule has 0 radical (unpaired) electrons. The van der Waals surface area contributed by atoms with Gasteiger partial charge in [-0.05, 0) is 64.5 Å². The lowest BCUT2D eigenvalue weighted by Gasteiger charge is -2.27. The SMILES string of the molecule is CCC(C#N)(CCCN(CC1CC1)C1CC1)NC. The van der Waals surface area contributed by atoms with E-state index < -0.39 is 0 Å². The first-order valence-electron chi connectivity index (χ1n) is 7.57. The minimum Gasteiger partial charge on any atom is -0.302 e. The van der Waals surface area contributed by atoms with Crippen LogP contribution in [0.15, 0.2) is 0 Å². The maximum absolute atomic E-state index is 9.29. The van der Waals surface area contributed by atoms with Gasteiger partial charge in [-0.1, -0.05) is 6.92 Å². The van der Waals surface area contributed by atoms with Gasteiger partial charge in [0.1, 0.15) is 5.54 Å². The van der Waals surface area contributed by atoms with Gasteiger partial charge in [-0.15, -0.1) is 0 Å². The minimum absolute atomic E-state index is 0.297. The van der Waals surface area contributed by atoms with Crippen LogP contribution in [0, 0.1) is 17.2 Å². The summed E-state index contributed by atoms with van der Waals surface area (Å²) in [4.78, 5) is 2.69. The summed E-state index contributed by atoms with van der Waals surface area (Å²) in [5.41, 5.74) is -0.297. The molecule has 1 unspecified atom stereocenters. The molecule has 3 nitrogen and oxygen atoms in total. The minimum atomic E-state index is -0.297. The van der Waals surface area contributed by atoms with Crippen molar-refractivity contribution in [3.05, 3.63) is 0 Å². The van der Waals surface area contributed by atoms with E-state index in [1.54, 1.807) is 0 Å². The van der Waals surface area contributed by atoms with Crippen molar-refractivity contribution in [3.8, 4) is 6.07 Å². The molecule has 0 saturated heterocycles. The summed E-state index contributed by atoms with van der Waals surface area (Å²) in [6, 6.07) is 3.33. The van der Waals surface area contributed by atoms with Gasteiger partial charge in [0, 0.05) is 12.6 Å². The van der Waals surface area contributed by atoms with Gasteiger partial charge in [-0.25, -0.2) is 0 Å². The molecule has 2 fully saturated rings. The first-order chi connectivity index (χ1) is 8.73. The quantitative estimate of drug-likeness (QED) is 0.682. The lowest BCUT2D eigenvalue weighted by Crippen LogP contribution is -2.41. The fourth-order valence-corrected chi connectivity index (χ4v) is 2.75. The average Bonchev–Trinajstić information content (AvgIpc) is 3.27. The summed E-state index contributed by atoms with van der Waals surface area (Å²) < 4.78 is 0. The van der Waals surface area contributed by atoms with Crippen molar-refractivity contribution >= 4 is 0 Å². The largest absolute Gasteiger partial charge is 0.302 e. The van der Waals surface area contributed by atoms with Crippen LogP contribution in [0.2, 0.25) is 0 Å². The van der Waals surface area contributed by atoms with Crippen molar-refractivity contribution in [2.45, 2.75) is 63.5 Å². The maximum atomic E-state index is 9.29. The molecule has 2 aliphatic rings. The maximum Gasteiger partial charge on any atom is 0.106 e. The molecule has 0 aromatic carbocycles. The van der Waals surface area contributed by atoms with Crippen LogP contribution >= 0.6 is 0 Å². The molecule has 0 spiro atoms. The van der Waals surface area contributed by atoms with Crippen LogP contribution in [0.3, 0.4) is 0 Å². The Labute approximate surface area is 112 Å². The van der Waals surface area contributed by atoms with Crippen molar-refractivity contribution in [1.29, 1.82) is 5.26 Å². The molecule has 0 aromatic heterocycles. The second kappa shape index (κ2) is 6.04. The zero-order valence-electron chi connectivity index (χ0n) is 11.9. The van der Waals surface area contributed by atoms with Crippen LogP contribution in [0.5, 0.6) is 0 Å². The van der Waals surface area contributed by atoms with Crippen LogP contribution in [-0.2, 0) is 0 Å². The number of nitrogens with zero attached hydrogens (tertiary/aromatic N) is 2. The first-order valence-corrected chi connectivity index (χ1v) is 7.57. The number of hydrogen-bond acceptors (Lipinski definition) is 3. The Morgan fingerprint density at radius 3 is 2.50 bits per heavy atom. The van der Waals surface area contributed by atoms with Crippen LogP contribution in [-0.4, -0.2) is 36.6 Å². The fraction of sp³-hybridized carbons (Fsp3) is 0.933. The molecule has 102 valence electrons. The van der Waals surface area contributed by atoms with E-state index in [1.165, 1.54) is 38.8 Å².